The lowest BCUT2D eigenvalue weighted by molar-refractivity contribution is 0.0701. The van der Waals surface area contributed by atoms with Crippen LogP contribution in [0.4, 0.5) is 0 Å². The van der Waals surface area contributed by atoms with E-state index in [1.165, 1.54) is 28.9 Å². The Morgan fingerprint density at radius 3 is 1.59 bits per heavy atom. The van der Waals surface area contributed by atoms with Crippen molar-refractivity contribution in [3.63, 3.8) is 0 Å². The number of carboxylic acids is 1. The molecule has 13 heteroatoms. The van der Waals surface area contributed by atoms with Gasteiger partial charge in [0, 0.05) is 41.4 Å². The van der Waals surface area contributed by atoms with Gasteiger partial charge in [0.05, 0.1) is 21.1 Å². The molecule has 4 rings (SSSR count). The molecule has 0 unspecified atom stereocenters. The van der Waals surface area contributed by atoms with Crippen molar-refractivity contribution in [2.45, 2.75) is 85.6 Å². The predicted octanol–water partition coefficient (Wildman–Crippen LogP) is 8.89. The molecular formula is C31H40Br2ClN5O3S2. The third-order valence-electron chi connectivity index (χ3n) is 5.94. The Bertz CT molecular complexity index is 1550. The maximum atomic E-state index is 12.3. The number of rotatable bonds is 6. The molecule has 0 bridgehead atoms. The van der Waals surface area contributed by atoms with Crippen LogP contribution in [0.3, 0.4) is 0 Å². The molecule has 0 aliphatic heterocycles. The average Bonchev–Trinajstić information content (AvgIpc) is 3.60. The number of carboxylic acid groups (broad SMARTS) is 1. The summed E-state index contributed by atoms with van der Waals surface area (Å²) in [5.74, 6) is -0.742. The normalized spacial score (nSPS) is 11.0. The quantitative estimate of drug-likeness (QED) is 0.146. The van der Waals surface area contributed by atoms with Crippen molar-refractivity contribution in [3.05, 3.63) is 88.1 Å². The SMILES string of the molecule is CC(C)(C)c1ncc(C(=O)O)s1.Cc1nc(Br)ccc1CCC(=O)c1cnc(C(C)(C)C)s1.Cc1nc(Br)ccc1CN.Cl. The molecule has 4 heterocycles. The second-order valence-electron chi connectivity index (χ2n) is 11.7. The summed E-state index contributed by atoms with van der Waals surface area (Å²) in [4.78, 5) is 40.8. The lowest BCUT2D eigenvalue weighted by Gasteiger charge is -2.13. The minimum atomic E-state index is -0.900. The van der Waals surface area contributed by atoms with Gasteiger partial charge < -0.3 is 10.8 Å². The molecule has 0 saturated heterocycles. The van der Waals surface area contributed by atoms with E-state index in [9.17, 15) is 9.59 Å². The number of nitrogens with two attached hydrogens (primary N) is 1. The first-order chi connectivity index (χ1) is 19.9. The number of halogens is 3. The molecule has 240 valence electrons. The molecule has 0 atom stereocenters. The Morgan fingerprint density at radius 1 is 0.795 bits per heavy atom. The molecule has 0 radical (unpaired) electrons. The summed E-state index contributed by atoms with van der Waals surface area (Å²) in [5.41, 5.74) is 9.57. The second-order valence-corrected chi connectivity index (χ2v) is 15.4. The highest BCUT2D eigenvalue weighted by Crippen LogP contribution is 2.28. The first-order valence-corrected chi connectivity index (χ1v) is 16.8. The minimum Gasteiger partial charge on any atom is -0.477 e. The molecule has 44 heavy (non-hydrogen) atoms. The molecule has 0 aromatic carbocycles. The van der Waals surface area contributed by atoms with Crippen molar-refractivity contribution < 1.29 is 14.7 Å². The van der Waals surface area contributed by atoms with Crippen LogP contribution in [0, 0.1) is 13.8 Å². The number of ketones is 1. The highest BCUT2D eigenvalue weighted by molar-refractivity contribution is 9.10. The zero-order valence-corrected chi connectivity index (χ0v) is 31.8. The summed E-state index contributed by atoms with van der Waals surface area (Å²) in [6.45, 7) is 16.8. The fourth-order valence-corrected chi connectivity index (χ4v) is 5.99. The smallest absolute Gasteiger partial charge is 0.347 e. The Hall–Kier alpha value is -2.09. The fourth-order valence-electron chi connectivity index (χ4n) is 3.44. The van der Waals surface area contributed by atoms with Crippen LogP contribution in [0.1, 0.15) is 99.8 Å². The van der Waals surface area contributed by atoms with Gasteiger partial charge in [0.25, 0.3) is 0 Å². The van der Waals surface area contributed by atoms with Crippen molar-refractivity contribution in [1.82, 2.24) is 19.9 Å². The predicted molar refractivity (Wildman–Crippen MR) is 190 cm³/mol. The largest absolute Gasteiger partial charge is 0.477 e. The van der Waals surface area contributed by atoms with Crippen molar-refractivity contribution in [3.8, 4) is 0 Å². The van der Waals surface area contributed by atoms with Gasteiger partial charge in [0.1, 0.15) is 14.1 Å². The summed E-state index contributed by atoms with van der Waals surface area (Å²) < 4.78 is 1.69. The summed E-state index contributed by atoms with van der Waals surface area (Å²) >= 11 is 9.37. The Balaban J connectivity index is 0.000000358. The van der Waals surface area contributed by atoms with E-state index in [0.717, 1.165) is 46.6 Å². The third-order valence-corrected chi connectivity index (χ3v) is 9.70. The van der Waals surface area contributed by atoms with Gasteiger partial charge in [-0.25, -0.2) is 24.7 Å². The first-order valence-electron chi connectivity index (χ1n) is 13.6. The highest BCUT2D eigenvalue weighted by atomic mass is 79.9. The van der Waals surface area contributed by atoms with E-state index < -0.39 is 5.97 Å². The summed E-state index contributed by atoms with van der Waals surface area (Å²) in [5, 5.41) is 10.5. The Labute approximate surface area is 291 Å². The van der Waals surface area contributed by atoms with Crippen molar-refractivity contribution in [1.29, 1.82) is 0 Å². The van der Waals surface area contributed by atoms with Crippen molar-refractivity contribution in [2.75, 3.05) is 0 Å². The first kappa shape index (κ1) is 39.9. The van der Waals surface area contributed by atoms with Crippen LogP contribution in [0.25, 0.3) is 0 Å². The van der Waals surface area contributed by atoms with Gasteiger partial charge in [-0.1, -0.05) is 53.7 Å². The fraction of sp³-hybridized carbons (Fsp3) is 0.419. The number of carbonyl (C=O) groups excluding carboxylic acids is 1. The number of thiazole rings is 2. The van der Waals surface area contributed by atoms with Crippen molar-refractivity contribution >= 4 is 78.7 Å². The molecule has 0 spiro atoms. The number of pyridine rings is 2. The number of Topliss-reactive ketones (excluding diaryl/α,β-unsaturated/α-hetero) is 1. The molecular weight excluding hydrogens is 750 g/mol. The number of hydrogen-bond acceptors (Lipinski definition) is 9. The number of aryl methyl sites for hydroxylation is 3. The number of nitrogens with zero attached hydrogens (tertiary/aromatic N) is 4. The zero-order chi connectivity index (χ0) is 32.5. The van der Waals surface area contributed by atoms with Crippen LogP contribution < -0.4 is 5.73 Å². The number of hydrogen-bond donors (Lipinski definition) is 2. The van der Waals surface area contributed by atoms with Crippen LogP contribution in [0.2, 0.25) is 0 Å². The lowest BCUT2D eigenvalue weighted by atomic mass is 9.98. The van der Waals surface area contributed by atoms with Gasteiger partial charge >= 0.3 is 5.97 Å². The van der Waals surface area contributed by atoms with Crippen molar-refractivity contribution in [2.24, 2.45) is 5.73 Å². The van der Waals surface area contributed by atoms with E-state index in [2.05, 4.69) is 72.6 Å². The van der Waals surface area contributed by atoms with Crippen LogP contribution in [0.15, 0.2) is 45.9 Å². The van der Waals surface area contributed by atoms with Gasteiger partial charge in [0.15, 0.2) is 5.78 Å². The lowest BCUT2D eigenvalue weighted by Crippen LogP contribution is -2.09. The maximum absolute atomic E-state index is 12.3. The second kappa shape index (κ2) is 17.6. The molecule has 0 saturated carbocycles. The highest BCUT2D eigenvalue weighted by Gasteiger charge is 2.21. The standard InChI is InChI=1S/C16H19BrN2OS.C8H11NO2S.C7H9BrN2.ClH/c1-10-11(6-8-14(17)19-10)5-7-12(20)13-9-18-15(21-13)16(2,3)4;1-8(2,3)7-9-4-5(12-7)6(10)11;1-5-6(4-9)2-3-7(8)10-5;/h6,8-9H,5,7H2,1-4H3;4H,1-3H3,(H,10,11);2-3H,4,9H2,1H3;1H. The molecule has 0 aliphatic carbocycles. The molecule has 0 fully saturated rings. The van der Waals surface area contributed by atoms with Crippen LogP contribution in [-0.4, -0.2) is 36.8 Å². The van der Waals surface area contributed by atoms with Crippen LogP contribution in [-0.2, 0) is 23.8 Å². The topological polar surface area (TPSA) is 132 Å². The zero-order valence-electron chi connectivity index (χ0n) is 26.2. The molecule has 8 nitrogen and oxygen atoms in total. The molecule has 4 aromatic rings. The van der Waals surface area contributed by atoms with E-state index in [0.29, 0.717) is 24.3 Å². The monoisotopic (exact) mass is 787 g/mol. The molecule has 3 N–H and O–H groups in total. The van der Waals surface area contributed by atoms with E-state index in [1.54, 1.807) is 6.20 Å². The van der Waals surface area contributed by atoms with Crippen LogP contribution >= 0.6 is 66.9 Å². The summed E-state index contributed by atoms with van der Waals surface area (Å²) in [7, 11) is 0. The maximum Gasteiger partial charge on any atom is 0.347 e. The average molecular weight is 790 g/mol. The Kier molecular flexibility index (Phi) is 15.9. The van der Waals surface area contributed by atoms with Gasteiger partial charge in [-0.3, -0.25) is 4.79 Å². The number of aromatic carboxylic acids is 1. The van der Waals surface area contributed by atoms with E-state index in [4.69, 9.17) is 10.8 Å². The summed E-state index contributed by atoms with van der Waals surface area (Å²) in [6, 6.07) is 7.81. The molecule has 0 amide bonds. The van der Waals surface area contributed by atoms with Gasteiger partial charge in [-0.15, -0.1) is 35.1 Å². The van der Waals surface area contributed by atoms with Gasteiger partial charge in [0.2, 0.25) is 0 Å². The van der Waals surface area contributed by atoms with E-state index >= 15 is 0 Å². The third kappa shape index (κ3) is 12.7. The van der Waals surface area contributed by atoms with E-state index in [-0.39, 0.29) is 29.0 Å². The van der Waals surface area contributed by atoms with Gasteiger partial charge in [-0.05, 0) is 75.4 Å². The molecule has 0 aliphatic rings. The molecule has 4 aromatic heterocycles. The summed E-state index contributed by atoms with van der Waals surface area (Å²) in [6.07, 6.45) is 4.33. The van der Waals surface area contributed by atoms with E-state index in [1.807, 2.05) is 58.9 Å². The Morgan fingerprint density at radius 2 is 1.23 bits per heavy atom. The van der Waals surface area contributed by atoms with Gasteiger partial charge in [-0.2, -0.15) is 0 Å². The number of carbonyl (C=O) groups is 2. The minimum absolute atomic E-state index is 0. The number of aromatic nitrogens is 4. The van der Waals surface area contributed by atoms with Crippen LogP contribution in [0.5, 0.6) is 0 Å².